The lowest BCUT2D eigenvalue weighted by atomic mass is 10.1. The SMILES string of the molecule is COc1ccc(-c2cc(C(F)(F)F)n3ncc(C(=O)Nc4cc(Cl)ccc4C)c3n2)cc1OC. The van der Waals surface area contributed by atoms with Crippen molar-refractivity contribution in [3.05, 3.63) is 70.5 Å². The van der Waals surface area contributed by atoms with E-state index < -0.39 is 17.8 Å². The van der Waals surface area contributed by atoms with Gasteiger partial charge in [-0.1, -0.05) is 17.7 Å². The van der Waals surface area contributed by atoms with Crippen LogP contribution in [0.4, 0.5) is 18.9 Å². The van der Waals surface area contributed by atoms with Crippen LogP contribution in [0.25, 0.3) is 16.9 Å². The molecule has 2 aromatic carbocycles. The van der Waals surface area contributed by atoms with Crippen LogP contribution in [0.5, 0.6) is 11.5 Å². The van der Waals surface area contributed by atoms with Gasteiger partial charge < -0.3 is 14.8 Å². The molecule has 7 nitrogen and oxygen atoms in total. The van der Waals surface area contributed by atoms with E-state index in [0.717, 1.165) is 17.8 Å². The van der Waals surface area contributed by atoms with Gasteiger partial charge in [0.05, 0.1) is 26.1 Å². The molecule has 0 atom stereocenters. The Morgan fingerprint density at radius 1 is 1.06 bits per heavy atom. The van der Waals surface area contributed by atoms with Crippen LogP contribution in [0.3, 0.4) is 0 Å². The number of carbonyl (C=O) groups is 1. The van der Waals surface area contributed by atoms with E-state index in [1.807, 2.05) is 0 Å². The third kappa shape index (κ3) is 4.36. The monoisotopic (exact) mass is 490 g/mol. The molecule has 1 amide bonds. The number of aromatic nitrogens is 3. The summed E-state index contributed by atoms with van der Waals surface area (Å²) in [7, 11) is 2.86. The number of ether oxygens (including phenoxy) is 2. The van der Waals surface area contributed by atoms with E-state index in [-0.39, 0.29) is 16.9 Å². The highest BCUT2D eigenvalue weighted by molar-refractivity contribution is 6.31. The molecule has 0 unspecified atom stereocenters. The number of rotatable bonds is 5. The number of hydrogen-bond acceptors (Lipinski definition) is 5. The molecule has 34 heavy (non-hydrogen) atoms. The Bertz CT molecular complexity index is 1400. The Morgan fingerprint density at radius 3 is 2.47 bits per heavy atom. The third-order valence-electron chi connectivity index (χ3n) is 5.13. The van der Waals surface area contributed by atoms with Gasteiger partial charge in [0, 0.05) is 16.3 Å². The number of methoxy groups -OCH3 is 2. The molecule has 0 radical (unpaired) electrons. The molecule has 0 saturated heterocycles. The van der Waals surface area contributed by atoms with Crippen molar-refractivity contribution in [3.8, 4) is 22.8 Å². The summed E-state index contributed by atoms with van der Waals surface area (Å²) in [5.41, 5.74) is -0.00413. The van der Waals surface area contributed by atoms with Crippen LogP contribution < -0.4 is 14.8 Å². The number of amides is 1. The smallest absolute Gasteiger partial charge is 0.433 e. The topological polar surface area (TPSA) is 77.8 Å². The fourth-order valence-electron chi connectivity index (χ4n) is 3.39. The van der Waals surface area contributed by atoms with Crippen molar-refractivity contribution in [3.63, 3.8) is 0 Å². The number of alkyl halides is 3. The van der Waals surface area contributed by atoms with Gasteiger partial charge in [0.1, 0.15) is 5.56 Å². The highest BCUT2D eigenvalue weighted by Crippen LogP contribution is 2.36. The molecule has 1 N–H and O–H groups in total. The minimum Gasteiger partial charge on any atom is -0.493 e. The van der Waals surface area contributed by atoms with Crippen molar-refractivity contribution in [2.24, 2.45) is 0 Å². The van der Waals surface area contributed by atoms with E-state index in [1.54, 1.807) is 37.3 Å². The van der Waals surface area contributed by atoms with E-state index in [0.29, 0.717) is 32.3 Å². The van der Waals surface area contributed by atoms with Crippen LogP contribution in [0.2, 0.25) is 5.02 Å². The number of anilines is 1. The maximum Gasteiger partial charge on any atom is 0.433 e. The summed E-state index contributed by atoms with van der Waals surface area (Å²) in [5.74, 6) is 0.0493. The molecule has 176 valence electrons. The van der Waals surface area contributed by atoms with Gasteiger partial charge in [0.25, 0.3) is 5.91 Å². The number of fused-ring (bicyclic) bond motifs is 1. The van der Waals surface area contributed by atoms with Crippen LogP contribution in [-0.4, -0.2) is 34.7 Å². The minimum absolute atomic E-state index is 0.0192. The number of halogens is 4. The standard InChI is InChI=1S/C23H18ClF3N4O3/c1-12-4-6-14(24)9-16(12)30-22(32)15-11-28-31-20(23(25,26)27)10-17(29-21(15)31)13-5-7-18(33-2)19(8-13)34-3/h4-11H,1-3H3,(H,30,32). The average Bonchev–Trinajstić information content (AvgIpc) is 3.23. The molecule has 0 aliphatic heterocycles. The maximum atomic E-state index is 13.9. The van der Waals surface area contributed by atoms with Crippen molar-refractivity contribution in [2.75, 3.05) is 19.5 Å². The van der Waals surface area contributed by atoms with Gasteiger partial charge in [-0.15, -0.1) is 0 Å². The third-order valence-corrected chi connectivity index (χ3v) is 5.37. The lowest BCUT2D eigenvalue weighted by molar-refractivity contribution is -0.142. The summed E-state index contributed by atoms with van der Waals surface area (Å²) in [6, 6.07) is 10.4. The zero-order valence-corrected chi connectivity index (χ0v) is 19.0. The summed E-state index contributed by atoms with van der Waals surface area (Å²) in [4.78, 5) is 17.3. The molecule has 0 aliphatic carbocycles. The Labute approximate surface area is 197 Å². The van der Waals surface area contributed by atoms with Gasteiger partial charge in [-0.25, -0.2) is 9.50 Å². The summed E-state index contributed by atoms with van der Waals surface area (Å²) in [5, 5.41) is 6.85. The molecular formula is C23H18ClF3N4O3. The van der Waals surface area contributed by atoms with Crippen molar-refractivity contribution in [1.29, 1.82) is 0 Å². The number of aryl methyl sites for hydroxylation is 1. The highest BCUT2D eigenvalue weighted by atomic mass is 35.5. The summed E-state index contributed by atoms with van der Waals surface area (Å²) >= 11 is 6.00. The normalized spacial score (nSPS) is 11.5. The second-order valence-corrected chi connectivity index (χ2v) is 7.74. The van der Waals surface area contributed by atoms with E-state index >= 15 is 0 Å². The summed E-state index contributed by atoms with van der Waals surface area (Å²) < 4.78 is 52.7. The summed E-state index contributed by atoms with van der Waals surface area (Å²) in [6.45, 7) is 1.76. The second kappa shape index (κ2) is 8.86. The van der Waals surface area contributed by atoms with Gasteiger partial charge in [0.15, 0.2) is 22.8 Å². The van der Waals surface area contributed by atoms with E-state index in [4.69, 9.17) is 21.1 Å². The van der Waals surface area contributed by atoms with E-state index in [2.05, 4.69) is 15.4 Å². The zero-order valence-electron chi connectivity index (χ0n) is 18.2. The van der Waals surface area contributed by atoms with Crippen LogP contribution >= 0.6 is 11.6 Å². The van der Waals surface area contributed by atoms with Gasteiger partial charge in [-0.2, -0.15) is 18.3 Å². The number of nitrogens with zero attached hydrogens (tertiary/aromatic N) is 3. The Balaban J connectivity index is 1.86. The Morgan fingerprint density at radius 2 is 1.79 bits per heavy atom. The van der Waals surface area contributed by atoms with Crippen LogP contribution in [0.1, 0.15) is 21.6 Å². The lowest BCUT2D eigenvalue weighted by Gasteiger charge is -2.13. The largest absolute Gasteiger partial charge is 0.493 e. The fourth-order valence-corrected chi connectivity index (χ4v) is 3.56. The number of carbonyl (C=O) groups excluding carboxylic acids is 1. The predicted octanol–water partition coefficient (Wildman–Crippen LogP) is 5.65. The predicted molar refractivity (Wildman–Crippen MR) is 121 cm³/mol. The molecule has 2 aromatic heterocycles. The number of benzene rings is 2. The molecular weight excluding hydrogens is 473 g/mol. The molecule has 0 fully saturated rings. The maximum absolute atomic E-state index is 13.9. The molecule has 0 bridgehead atoms. The molecule has 2 heterocycles. The van der Waals surface area contributed by atoms with Crippen LogP contribution in [-0.2, 0) is 6.18 Å². The first-order chi connectivity index (χ1) is 16.1. The van der Waals surface area contributed by atoms with E-state index in [9.17, 15) is 18.0 Å². The van der Waals surface area contributed by atoms with Crippen LogP contribution in [0, 0.1) is 6.92 Å². The summed E-state index contributed by atoms with van der Waals surface area (Å²) in [6.07, 6.45) is -3.71. The first kappa shape index (κ1) is 23.4. The van der Waals surface area contributed by atoms with Crippen molar-refractivity contribution < 1.29 is 27.4 Å². The van der Waals surface area contributed by atoms with Gasteiger partial charge in [-0.05, 0) is 48.9 Å². The van der Waals surface area contributed by atoms with Crippen LogP contribution in [0.15, 0.2) is 48.7 Å². The first-order valence-electron chi connectivity index (χ1n) is 9.88. The van der Waals surface area contributed by atoms with Gasteiger partial charge in [0.2, 0.25) is 0 Å². The van der Waals surface area contributed by atoms with Crippen molar-refractivity contribution in [1.82, 2.24) is 14.6 Å². The van der Waals surface area contributed by atoms with Gasteiger partial charge in [-0.3, -0.25) is 4.79 Å². The molecule has 11 heteroatoms. The quantitative estimate of drug-likeness (QED) is 0.391. The fraction of sp³-hybridized carbons (Fsp3) is 0.174. The number of hydrogen-bond donors (Lipinski definition) is 1. The molecule has 0 saturated carbocycles. The second-order valence-electron chi connectivity index (χ2n) is 7.30. The van der Waals surface area contributed by atoms with Gasteiger partial charge >= 0.3 is 6.18 Å². The lowest BCUT2D eigenvalue weighted by Crippen LogP contribution is -2.16. The molecule has 4 rings (SSSR count). The number of nitrogens with one attached hydrogen (secondary N) is 1. The van der Waals surface area contributed by atoms with Crippen molar-refractivity contribution >= 4 is 28.8 Å². The molecule has 0 spiro atoms. The minimum atomic E-state index is -4.75. The van der Waals surface area contributed by atoms with Crippen molar-refractivity contribution in [2.45, 2.75) is 13.1 Å². The average molecular weight is 491 g/mol. The highest BCUT2D eigenvalue weighted by Gasteiger charge is 2.36. The Hall–Kier alpha value is -3.79. The Kier molecular flexibility index (Phi) is 6.09. The first-order valence-corrected chi connectivity index (χ1v) is 10.3. The molecule has 0 aliphatic rings. The molecule has 4 aromatic rings. The van der Waals surface area contributed by atoms with E-state index in [1.165, 1.54) is 20.3 Å². The zero-order chi connectivity index (χ0) is 24.6.